The fourth-order valence-electron chi connectivity index (χ4n) is 4.22. The third kappa shape index (κ3) is 3.34. The summed E-state index contributed by atoms with van der Waals surface area (Å²) in [5.41, 5.74) is 6.51. The van der Waals surface area contributed by atoms with E-state index in [1.54, 1.807) is 0 Å². The maximum atomic E-state index is 13.0. The third-order valence-corrected chi connectivity index (χ3v) is 6.71. The summed E-state index contributed by atoms with van der Waals surface area (Å²) in [5, 5.41) is 4.68. The Morgan fingerprint density at radius 1 is 1.23 bits per heavy atom. The Kier molecular flexibility index (Phi) is 4.72. The number of nitrogens with zero attached hydrogens (tertiary/aromatic N) is 4. The molecule has 0 radical (unpaired) electrons. The highest BCUT2D eigenvalue weighted by molar-refractivity contribution is 6.01. The van der Waals surface area contributed by atoms with Gasteiger partial charge in [-0.15, -0.1) is 0 Å². The standard InChI is InChI=1S/C24H29N5O/c1-15-7-8-25-12-19(15)13-26-23-22-20(11-21(27-23)24(30)28-9-4-10-28)16(2)17(3)29(22)14-18-5-6-18/h7-8,11-12,18H,4-6,9-10,13-14H2,1-3H3,(H,26,27). The van der Waals surface area contributed by atoms with Crippen LogP contribution in [0, 0.1) is 26.7 Å². The van der Waals surface area contributed by atoms with Crippen LogP contribution in [0.1, 0.15) is 52.1 Å². The van der Waals surface area contributed by atoms with Crippen molar-refractivity contribution in [3.8, 4) is 0 Å². The van der Waals surface area contributed by atoms with Crippen molar-refractivity contribution in [1.29, 1.82) is 0 Å². The Morgan fingerprint density at radius 2 is 2.03 bits per heavy atom. The predicted octanol–water partition coefficient (Wildman–Crippen LogP) is 4.22. The molecule has 0 unspecified atom stereocenters. The van der Waals surface area contributed by atoms with Crippen LogP contribution in [0.15, 0.2) is 24.5 Å². The fraction of sp³-hybridized carbons (Fsp3) is 0.458. The molecule has 3 aromatic heterocycles. The van der Waals surface area contributed by atoms with E-state index in [2.05, 4.69) is 35.6 Å². The number of carbonyl (C=O) groups is 1. The highest BCUT2D eigenvalue weighted by Crippen LogP contribution is 2.37. The van der Waals surface area contributed by atoms with Crippen LogP contribution in [0.25, 0.3) is 10.9 Å². The van der Waals surface area contributed by atoms with Gasteiger partial charge in [-0.1, -0.05) is 0 Å². The Bertz CT molecular complexity index is 1120. The van der Waals surface area contributed by atoms with Gasteiger partial charge in [0.1, 0.15) is 5.69 Å². The molecule has 2 aliphatic rings. The Morgan fingerprint density at radius 3 is 2.70 bits per heavy atom. The number of pyridine rings is 2. The van der Waals surface area contributed by atoms with E-state index in [1.807, 2.05) is 29.4 Å². The van der Waals surface area contributed by atoms with Gasteiger partial charge in [0, 0.05) is 49.7 Å². The van der Waals surface area contributed by atoms with Crippen LogP contribution in [0.2, 0.25) is 0 Å². The number of anilines is 1. The summed E-state index contributed by atoms with van der Waals surface area (Å²) in [6.45, 7) is 9.76. The van der Waals surface area contributed by atoms with Crippen molar-refractivity contribution in [2.75, 3.05) is 18.4 Å². The maximum Gasteiger partial charge on any atom is 0.272 e. The fourth-order valence-corrected chi connectivity index (χ4v) is 4.22. The number of amides is 1. The molecule has 5 rings (SSSR count). The summed E-state index contributed by atoms with van der Waals surface area (Å²) in [6.07, 6.45) is 7.39. The molecular weight excluding hydrogens is 374 g/mol. The molecule has 0 spiro atoms. The summed E-state index contributed by atoms with van der Waals surface area (Å²) in [7, 11) is 0. The van der Waals surface area contributed by atoms with Gasteiger partial charge in [0.25, 0.3) is 5.91 Å². The largest absolute Gasteiger partial charge is 0.364 e. The lowest BCUT2D eigenvalue weighted by atomic mass is 10.1. The minimum Gasteiger partial charge on any atom is -0.364 e. The monoisotopic (exact) mass is 403 g/mol. The van der Waals surface area contributed by atoms with E-state index in [0.717, 1.165) is 54.3 Å². The molecule has 0 atom stereocenters. The molecule has 6 nitrogen and oxygen atoms in total. The summed E-state index contributed by atoms with van der Waals surface area (Å²) < 4.78 is 2.41. The van der Waals surface area contributed by atoms with Crippen molar-refractivity contribution in [3.05, 3.63) is 52.6 Å². The molecule has 3 aromatic rings. The number of aryl methyl sites for hydroxylation is 2. The third-order valence-electron chi connectivity index (χ3n) is 6.71. The average Bonchev–Trinajstić information content (AvgIpc) is 3.49. The molecule has 30 heavy (non-hydrogen) atoms. The van der Waals surface area contributed by atoms with Crippen LogP contribution in [0.5, 0.6) is 0 Å². The van der Waals surface area contributed by atoms with E-state index in [-0.39, 0.29) is 5.91 Å². The molecule has 1 amide bonds. The van der Waals surface area contributed by atoms with Gasteiger partial charge >= 0.3 is 0 Å². The van der Waals surface area contributed by atoms with Crippen LogP contribution in [0.4, 0.5) is 5.82 Å². The lowest BCUT2D eigenvalue weighted by molar-refractivity contribution is 0.0646. The van der Waals surface area contributed by atoms with Crippen molar-refractivity contribution < 1.29 is 4.79 Å². The highest BCUT2D eigenvalue weighted by atomic mass is 16.2. The van der Waals surface area contributed by atoms with E-state index >= 15 is 0 Å². The highest BCUT2D eigenvalue weighted by Gasteiger charge is 2.28. The molecular formula is C24H29N5O. The zero-order valence-electron chi connectivity index (χ0n) is 18.0. The molecule has 1 aliphatic heterocycles. The van der Waals surface area contributed by atoms with E-state index in [1.165, 1.54) is 29.7 Å². The van der Waals surface area contributed by atoms with Gasteiger partial charge in [0.2, 0.25) is 0 Å². The number of hydrogen-bond donors (Lipinski definition) is 1. The second-order valence-corrected chi connectivity index (χ2v) is 8.82. The molecule has 6 heteroatoms. The van der Waals surface area contributed by atoms with Gasteiger partial charge in [0.05, 0.1) is 5.52 Å². The number of fused-ring (bicyclic) bond motifs is 1. The number of aromatic nitrogens is 3. The number of likely N-dealkylation sites (tertiary alicyclic amines) is 1. The van der Waals surface area contributed by atoms with Gasteiger partial charge in [-0.05, 0) is 74.8 Å². The van der Waals surface area contributed by atoms with Gasteiger partial charge in [-0.2, -0.15) is 0 Å². The lowest BCUT2D eigenvalue weighted by Gasteiger charge is -2.30. The molecule has 4 heterocycles. The average molecular weight is 404 g/mol. The van der Waals surface area contributed by atoms with Gasteiger partial charge < -0.3 is 14.8 Å². The van der Waals surface area contributed by atoms with Crippen molar-refractivity contribution >= 4 is 22.6 Å². The molecule has 0 bridgehead atoms. The lowest BCUT2D eigenvalue weighted by Crippen LogP contribution is -2.42. The van der Waals surface area contributed by atoms with Crippen LogP contribution in [-0.4, -0.2) is 38.4 Å². The van der Waals surface area contributed by atoms with Gasteiger partial charge in [-0.25, -0.2) is 4.98 Å². The summed E-state index contributed by atoms with van der Waals surface area (Å²) in [4.78, 5) is 24.0. The second-order valence-electron chi connectivity index (χ2n) is 8.82. The van der Waals surface area contributed by atoms with E-state index in [0.29, 0.717) is 12.2 Å². The molecule has 1 aliphatic carbocycles. The SMILES string of the molecule is Cc1ccncc1CNc1nc(C(=O)N2CCC2)cc2c(C)c(C)n(CC3CC3)c12. The zero-order chi connectivity index (χ0) is 20.8. The zero-order valence-corrected chi connectivity index (χ0v) is 18.0. The molecule has 2 fully saturated rings. The van der Waals surface area contributed by atoms with Gasteiger partial charge in [0.15, 0.2) is 5.82 Å². The normalized spacial score (nSPS) is 16.0. The van der Waals surface area contributed by atoms with Crippen molar-refractivity contribution in [2.24, 2.45) is 5.92 Å². The first kappa shape index (κ1) is 19.1. The van der Waals surface area contributed by atoms with Crippen LogP contribution < -0.4 is 5.32 Å². The number of carbonyl (C=O) groups excluding carboxylic acids is 1. The van der Waals surface area contributed by atoms with Crippen molar-refractivity contribution in [3.63, 3.8) is 0 Å². The minimum atomic E-state index is 0.0377. The predicted molar refractivity (Wildman–Crippen MR) is 119 cm³/mol. The first-order chi connectivity index (χ1) is 14.5. The molecule has 1 saturated carbocycles. The smallest absolute Gasteiger partial charge is 0.272 e. The topological polar surface area (TPSA) is 63.1 Å². The molecule has 156 valence electrons. The second kappa shape index (κ2) is 7.42. The quantitative estimate of drug-likeness (QED) is 0.669. The Balaban J connectivity index is 1.59. The van der Waals surface area contributed by atoms with Crippen LogP contribution in [-0.2, 0) is 13.1 Å². The summed E-state index contributed by atoms with van der Waals surface area (Å²) in [6, 6.07) is 4.02. The summed E-state index contributed by atoms with van der Waals surface area (Å²) in [5.74, 6) is 1.60. The Hall–Kier alpha value is -2.89. The van der Waals surface area contributed by atoms with Gasteiger partial charge in [-0.3, -0.25) is 9.78 Å². The number of nitrogens with one attached hydrogen (secondary N) is 1. The first-order valence-corrected chi connectivity index (χ1v) is 11.0. The molecule has 1 N–H and O–H groups in total. The van der Waals surface area contributed by atoms with Crippen LogP contribution in [0.3, 0.4) is 0 Å². The minimum absolute atomic E-state index is 0.0377. The van der Waals surface area contributed by atoms with E-state index in [4.69, 9.17) is 4.98 Å². The molecule has 0 aromatic carbocycles. The van der Waals surface area contributed by atoms with E-state index in [9.17, 15) is 4.79 Å². The Labute approximate surface area is 177 Å². The summed E-state index contributed by atoms with van der Waals surface area (Å²) >= 11 is 0. The van der Waals surface area contributed by atoms with E-state index < -0.39 is 0 Å². The number of hydrogen-bond acceptors (Lipinski definition) is 4. The molecule has 1 saturated heterocycles. The number of rotatable bonds is 6. The van der Waals surface area contributed by atoms with Crippen LogP contribution >= 0.6 is 0 Å². The maximum absolute atomic E-state index is 13.0. The first-order valence-electron chi connectivity index (χ1n) is 11.0. The van der Waals surface area contributed by atoms with Crippen molar-refractivity contribution in [1.82, 2.24) is 19.4 Å². The van der Waals surface area contributed by atoms with Crippen molar-refractivity contribution in [2.45, 2.75) is 53.1 Å².